The van der Waals surface area contributed by atoms with Gasteiger partial charge in [-0.3, -0.25) is 0 Å². The largest absolute Gasteiger partial charge is 0.355 e. The topological polar surface area (TPSA) is 29.0 Å². The average molecular weight is 275 g/mol. The van der Waals surface area contributed by atoms with Crippen LogP contribution in [0.25, 0.3) is 10.9 Å². The zero-order chi connectivity index (χ0) is 14.7. The third-order valence-corrected chi connectivity index (χ3v) is 3.05. The standard InChI is InChI=1S/C16H22FN3/c1-11(2)8-20(9-12(3)4)16-14-7-13(17)5-6-15(14)18-10-19-16/h5-7,10-12H,8-9H2,1-4H3. The van der Waals surface area contributed by atoms with Crippen LogP contribution in [-0.2, 0) is 0 Å². The van der Waals surface area contributed by atoms with E-state index in [9.17, 15) is 4.39 Å². The number of rotatable bonds is 5. The van der Waals surface area contributed by atoms with Gasteiger partial charge in [-0.05, 0) is 30.0 Å². The van der Waals surface area contributed by atoms with Crippen LogP contribution in [0, 0.1) is 17.7 Å². The first-order valence-corrected chi connectivity index (χ1v) is 7.12. The van der Waals surface area contributed by atoms with Gasteiger partial charge in [-0.1, -0.05) is 27.7 Å². The van der Waals surface area contributed by atoms with Crippen molar-refractivity contribution in [3.8, 4) is 0 Å². The quantitative estimate of drug-likeness (QED) is 0.829. The number of hydrogen-bond acceptors (Lipinski definition) is 3. The minimum Gasteiger partial charge on any atom is -0.355 e. The zero-order valence-electron chi connectivity index (χ0n) is 12.6. The van der Waals surface area contributed by atoms with Gasteiger partial charge in [0.05, 0.1) is 5.52 Å². The summed E-state index contributed by atoms with van der Waals surface area (Å²) < 4.78 is 13.5. The summed E-state index contributed by atoms with van der Waals surface area (Å²) in [6.07, 6.45) is 1.56. The summed E-state index contributed by atoms with van der Waals surface area (Å²) in [6, 6.07) is 4.67. The van der Waals surface area contributed by atoms with Gasteiger partial charge in [0.15, 0.2) is 0 Å². The number of hydrogen-bond donors (Lipinski definition) is 0. The molecule has 3 nitrogen and oxygen atoms in total. The van der Waals surface area contributed by atoms with E-state index in [0.29, 0.717) is 11.8 Å². The Hall–Kier alpha value is -1.71. The maximum atomic E-state index is 13.5. The van der Waals surface area contributed by atoms with E-state index in [1.54, 1.807) is 12.4 Å². The van der Waals surface area contributed by atoms with Crippen LogP contribution in [0.3, 0.4) is 0 Å². The second kappa shape index (κ2) is 6.16. The van der Waals surface area contributed by atoms with E-state index in [4.69, 9.17) is 0 Å². The molecule has 0 bridgehead atoms. The van der Waals surface area contributed by atoms with Gasteiger partial charge in [0.25, 0.3) is 0 Å². The number of nitrogens with zero attached hydrogens (tertiary/aromatic N) is 3. The van der Waals surface area contributed by atoms with Crippen molar-refractivity contribution in [3.05, 3.63) is 30.3 Å². The molecule has 0 fully saturated rings. The Kier molecular flexibility index (Phi) is 4.53. The Morgan fingerprint density at radius 3 is 2.30 bits per heavy atom. The minimum atomic E-state index is -0.248. The highest BCUT2D eigenvalue weighted by Gasteiger charge is 2.15. The molecule has 108 valence electrons. The van der Waals surface area contributed by atoms with Gasteiger partial charge in [0.2, 0.25) is 0 Å². The van der Waals surface area contributed by atoms with E-state index in [1.807, 2.05) is 0 Å². The Balaban J connectivity index is 2.48. The molecule has 0 unspecified atom stereocenters. The first-order chi connectivity index (χ1) is 9.47. The normalized spacial score (nSPS) is 11.6. The molecule has 0 saturated heterocycles. The van der Waals surface area contributed by atoms with Gasteiger partial charge < -0.3 is 4.90 Å². The highest BCUT2D eigenvalue weighted by atomic mass is 19.1. The fourth-order valence-corrected chi connectivity index (χ4v) is 2.40. The van der Waals surface area contributed by atoms with Crippen molar-refractivity contribution in [1.82, 2.24) is 9.97 Å². The molecule has 20 heavy (non-hydrogen) atoms. The minimum absolute atomic E-state index is 0.248. The van der Waals surface area contributed by atoms with Crippen LogP contribution in [0.1, 0.15) is 27.7 Å². The fourth-order valence-electron chi connectivity index (χ4n) is 2.40. The molecule has 1 heterocycles. The fraction of sp³-hybridized carbons (Fsp3) is 0.500. The van der Waals surface area contributed by atoms with Gasteiger partial charge >= 0.3 is 0 Å². The van der Waals surface area contributed by atoms with Crippen molar-refractivity contribution in [3.63, 3.8) is 0 Å². The molecule has 1 aromatic heterocycles. The third kappa shape index (κ3) is 3.44. The van der Waals surface area contributed by atoms with E-state index >= 15 is 0 Å². The summed E-state index contributed by atoms with van der Waals surface area (Å²) in [4.78, 5) is 10.9. The summed E-state index contributed by atoms with van der Waals surface area (Å²) in [6.45, 7) is 10.5. The monoisotopic (exact) mass is 275 g/mol. The third-order valence-electron chi connectivity index (χ3n) is 3.05. The van der Waals surface area contributed by atoms with Gasteiger partial charge in [0.1, 0.15) is 18.0 Å². The molecule has 0 atom stereocenters. The molecular formula is C16H22FN3. The Morgan fingerprint density at radius 2 is 1.70 bits per heavy atom. The summed E-state index contributed by atoms with van der Waals surface area (Å²) in [7, 11) is 0. The molecule has 1 aromatic carbocycles. The predicted octanol–water partition coefficient (Wildman–Crippen LogP) is 3.89. The van der Waals surface area contributed by atoms with Gasteiger partial charge in [-0.2, -0.15) is 0 Å². The number of halogens is 1. The van der Waals surface area contributed by atoms with Gasteiger partial charge in [-0.15, -0.1) is 0 Å². The molecule has 2 rings (SSSR count). The lowest BCUT2D eigenvalue weighted by atomic mass is 10.1. The molecule has 0 aliphatic rings. The van der Waals surface area contributed by atoms with E-state index in [1.165, 1.54) is 12.1 Å². The van der Waals surface area contributed by atoms with Crippen molar-refractivity contribution in [2.75, 3.05) is 18.0 Å². The first-order valence-electron chi connectivity index (χ1n) is 7.12. The van der Waals surface area contributed by atoms with Crippen molar-refractivity contribution in [1.29, 1.82) is 0 Å². The molecule has 0 radical (unpaired) electrons. The van der Waals surface area contributed by atoms with Crippen molar-refractivity contribution in [2.24, 2.45) is 11.8 Å². The molecular weight excluding hydrogens is 253 g/mol. The van der Waals surface area contributed by atoms with E-state index in [-0.39, 0.29) is 5.82 Å². The van der Waals surface area contributed by atoms with Crippen LogP contribution >= 0.6 is 0 Å². The number of aromatic nitrogens is 2. The lowest BCUT2D eigenvalue weighted by Gasteiger charge is -2.28. The summed E-state index contributed by atoms with van der Waals surface area (Å²) in [5, 5.41) is 0.786. The lowest BCUT2D eigenvalue weighted by Crippen LogP contribution is -2.32. The van der Waals surface area contributed by atoms with Crippen molar-refractivity contribution >= 4 is 16.7 Å². The molecule has 0 aliphatic carbocycles. The van der Waals surface area contributed by atoms with Crippen LogP contribution in [-0.4, -0.2) is 23.1 Å². The second-order valence-electron chi connectivity index (χ2n) is 6.05. The molecule has 0 N–H and O–H groups in total. The Bertz CT molecular complexity index is 571. The molecule has 0 aliphatic heterocycles. The van der Waals surface area contributed by atoms with E-state index in [0.717, 1.165) is 29.8 Å². The lowest BCUT2D eigenvalue weighted by molar-refractivity contribution is 0.549. The van der Waals surface area contributed by atoms with Gasteiger partial charge in [-0.25, -0.2) is 14.4 Å². The van der Waals surface area contributed by atoms with Crippen LogP contribution in [0.5, 0.6) is 0 Å². The number of benzene rings is 1. The van der Waals surface area contributed by atoms with Crippen LogP contribution in [0.2, 0.25) is 0 Å². The number of fused-ring (bicyclic) bond motifs is 1. The SMILES string of the molecule is CC(C)CN(CC(C)C)c1ncnc2ccc(F)cc12. The molecule has 0 amide bonds. The molecule has 2 aromatic rings. The molecule has 0 saturated carbocycles. The first kappa shape index (κ1) is 14.7. The van der Waals surface area contributed by atoms with E-state index < -0.39 is 0 Å². The molecule has 4 heteroatoms. The van der Waals surface area contributed by atoms with E-state index in [2.05, 4.69) is 42.6 Å². The zero-order valence-corrected chi connectivity index (χ0v) is 12.6. The summed E-state index contributed by atoms with van der Waals surface area (Å²) in [5.41, 5.74) is 0.786. The predicted molar refractivity (Wildman–Crippen MR) is 81.4 cm³/mol. The van der Waals surface area contributed by atoms with Crippen LogP contribution in [0.15, 0.2) is 24.5 Å². The van der Waals surface area contributed by atoms with Gasteiger partial charge in [0, 0.05) is 18.5 Å². The highest BCUT2D eigenvalue weighted by molar-refractivity contribution is 5.89. The smallest absolute Gasteiger partial charge is 0.140 e. The summed E-state index contributed by atoms with van der Waals surface area (Å²) in [5.74, 6) is 1.62. The Labute approximate surface area is 119 Å². The highest BCUT2D eigenvalue weighted by Crippen LogP contribution is 2.25. The van der Waals surface area contributed by atoms with Crippen molar-refractivity contribution < 1.29 is 4.39 Å². The van der Waals surface area contributed by atoms with Crippen LogP contribution < -0.4 is 4.90 Å². The second-order valence-corrected chi connectivity index (χ2v) is 6.05. The Morgan fingerprint density at radius 1 is 1.05 bits per heavy atom. The van der Waals surface area contributed by atoms with Crippen molar-refractivity contribution in [2.45, 2.75) is 27.7 Å². The maximum absolute atomic E-state index is 13.5. The number of anilines is 1. The van der Waals surface area contributed by atoms with Crippen LogP contribution in [0.4, 0.5) is 10.2 Å². The summed E-state index contributed by atoms with van der Waals surface area (Å²) >= 11 is 0. The average Bonchev–Trinajstić information content (AvgIpc) is 2.36. The molecule has 0 spiro atoms. The maximum Gasteiger partial charge on any atom is 0.140 e.